The van der Waals surface area contributed by atoms with E-state index in [0.717, 1.165) is 0 Å². The number of nitrogens with zero attached hydrogens (tertiary/aromatic N) is 4. The second-order valence-electron chi connectivity index (χ2n) is 5.23. The van der Waals surface area contributed by atoms with Gasteiger partial charge in [-0.25, -0.2) is 0 Å². The van der Waals surface area contributed by atoms with Crippen LogP contribution in [-0.4, -0.2) is 92.6 Å². The molecule has 1 atom stereocenters. The number of hydrogen-bond acceptors (Lipinski definition) is 5. The SMILES string of the molecule is CN(C)C(C)(O)C(N(C)C)(N(C)C)N(C)C.[Ti]. The number of hydrogen-bond donors (Lipinski definition) is 1. The minimum absolute atomic E-state index is 0. The molecule has 102 valence electrons. The number of rotatable bonds is 5. The third-order valence-electron chi connectivity index (χ3n) is 3.38. The van der Waals surface area contributed by atoms with E-state index in [1.165, 1.54) is 0 Å². The van der Waals surface area contributed by atoms with Crippen LogP contribution in [0, 0.1) is 0 Å². The summed E-state index contributed by atoms with van der Waals surface area (Å²) < 4.78 is 0. The molecule has 1 unspecified atom stereocenters. The zero-order valence-electron chi connectivity index (χ0n) is 12.7. The van der Waals surface area contributed by atoms with E-state index in [0.29, 0.717) is 0 Å². The molecule has 0 saturated heterocycles. The Balaban J connectivity index is 0. The molecule has 0 aliphatic rings. The Morgan fingerprint density at radius 1 is 0.647 bits per heavy atom. The molecule has 0 aromatic heterocycles. The van der Waals surface area contributed by atoms with Crippen LogP contribution in [0.5, 0.6) is 0 Å². The minimum Gasteiger partial charge on any atom is -0.371 e. The molecule has 0 saturated carbocycles. The van der Waals surface area contributed by atoms with Crippen LogP contribution in [-0.2, 0) is 21.7 Å². The smallest absolute Gasteiger partial charge is 0.173 e. The Hall–Kier alpha value is 0.514. The van der Waals surface area contributed by atoms with Gasteiger partial charge in [0.25, 0.3) is 0 Å². The van der Waals surface area contributed by atoms with Crippen molar-refractivity contribution < 1.29 is 26.8 Å². The normalized spacial score (nSPS) is 16.6. The summed E-state index contributed by atoms with van der Waals surface area (Å²) in [6.07, 6.45) is 0. The van der Waals surface area contributed by atoms with Crippen LogP contribution in [0.15, 0.2) is 0 Å². The maximum atomic E-state index is 10.8. The fourth-order valence-corrected chi connectivity index (χ4v) is 2.77. The maximum Gasteiger partial charge on any atom is 0.173 e. The summed E-state index contributed by atoms with van der Waals surface area (Å²) in [6.45, 7) is 1.83. The third kappa shape index (κ3) is 3.10. The number of aliphatic hydroxyl groups is 1. The van der Waals surface area contributed by atoms with Crippen LogP contribution in [0.25, 0.3) is 0 Å². The van der Waals surface area contributed by atoms with Gasteiger partial charge in [0.05, 0.1) is 0 Å². The van der Waals surface area contributed by atoms with Gasteiger partial charge in [-0.05, 0) is 63.3 Å². The molecule has 0 rings (SSSR count). The third-order valence-corrected chi connectivity index (χ3v) is 3.38. The maximum absolute atomic E-state index is 10.8. The van der Waals surface area contributed by atoms with Crippen LogP contribution < -0.4 is 0 Å². The molecular weight excluding hydrogens is 252 g/mol. The fourth-order valence-electron chi connectivity index (χ4n) is 2.77. The van der Waals surface area contributed by atoms with E-state index in [1.54, 1.807) is 0 Å². The molecule has 1 N–H and O–H groups in total. The van der Waals surface area contributed by atoms with E-state index < -0.39 is 11.5 Å². The number of likely N-dealkylation sites (N-methyl/N-ethyl adjacent to an activating group) is 4. The Kier molecular flexibility index (Phi) is 7.72. The van der Waals surface area contributed by atoms with Crippen LogP contribution in [0.1, 0.15) is 6.92 Å². The topological polar surface area (TPSA) is 33.2 Å². The molecule has 0 bridgehead atoms. The summed E-state index contributed by atoms with van der Waals surface area (Å²) in [6, 6.07) is 0. The second-order valence-corrected chi connectivity index (χ2v) is 5.23. The zero-order chi connectivity index (χ0) is 13.3. The fraction of sp³-hybridized carbons (Fsp3) is 1.00. The molecule has 17 heavy (non-hydrogen) atoms. The Morgan fingerprint density at radius 3 is 0.941 bits per heavy atom. The van der Waals surface area contributed by atoms with Gasteiger partial charge < -0.3 is 5.11 Å². The Bertz CT molecular complexity index is 208. The average Bonchev–Trinajstić information content (AvgIpc) is 2.00. The van der Waals surface area contributed by atoms with Crippen LogP contribution in [0.2, 0.25) is 0 Å². The molecule has 6 heteroatoms. The molecule has 5 nitrogen and oxygen atoms in total. The first kappa shape index (κ1) is 19.8. The predicted octanol–water partition coefficient (Wildman–Crippen LogP) is -0.407. The van der Waals surface area contributed by atoms with E-state index in [4.69, 9.17) is 0 Å². The van der Waals surface area contributed by atoms with Gasteiger partial charge >= 0.3 is 0 Å². The standard InChI is InChI=1S/C11H28N4O.Ti/c1-10(16,12(2)3)11(13(4)5,14(6)7)15(8)9;/h16H,1-9H3;. The molecule has 0 amide bonds. The van der Waals surface area contributed by atoms with Crippen molar-refractivity contribution >= 4 is 0 Å². The van der Waals surface area contributed by atoms with E-state index in [9.17, 15) is 5.11 Å². The summed E-state index contributed by atoms with van der Waals surface area (Å²) in [5, 5.41) is 10.8. The van der Waals surface area contributed by atoms with Crippen molar-refractivity contribution in [2.24, 2.45) is 0 Å². The Labute approximate surface area is 121 Å². The first-order valence-corrected chi connectivity index (χ1v) is 5.45. The predicted molar refractivity (Wildman–Crippen MR) is 68.1 cm³/mol. The molecule has 0 aromatic carbocycles. The molecule has 0 aliphatic carbocycles. The van der Waals surface area contributed by atoms with Gasteiger partial charge in [-0.1, -0.05) is 0 Å². The largest absolute Gasteiger partial charge is 0.371 e. The van der Waals surface area contributed by atoms with Gasteiger partial charge in [0, 0.05) is 21.7 Å². The summed E-state index contributed by atoms with van der Waals surface area (Å²) in [4.78, 5) is 7.89. The van der Waals surface area contributed by atoms with Crippen molar-refractivity contribution in [2.45, 2.75) is 18.4 Å². The van der Waals surface area contributed by atoms with Crippen molar-refractivity contribution in [3.63, 3.8) is 0 Å². The van der Waals surface area contributed by atoms with Crippen molar-refractivity contribution in [2.75, 3.05) is 56.4 Å². The van der Waals surface area contributed by atoms with Gasteiger partial charge in [0.15, 0.2) is 11.5 Å². The van der Waals surface area contributed by atoms with Gasteiger partial charge in [0.1, 0.15) is 0 Å². The second kappa shape index (κ2) is 6.61. The van der Waals surface area contributed by atoms with Gasteiger partial charge in [0.2, 0.25) is 0 Å². The van der Waals surface area contributed by atoms with Crippen molar-refractivity contribution in [1.29, 1.82) is 0 Å². The minimum atomic E-state index is -1.01. The molecule has 0 spiro atoms. The molecule has 0 radical (unpaired) electrons. The quantitative estimate of drug-likeness (QED) is 0.547. The summed E-state index contributed by atoms with van der Waals surface area (Å²) in [7, 11) is 15.6. The Morgan fingerprint density at radius 2 is 0.882 bits per heavy atom. The molecule has 0 aromatic rings. The average molecular weight is 280 g/mol. The summed E-state index contributed by atoms with van der Waals surface area (Å²) >= 11 is 0. The molecular formula is C11H28N4OTi. The summed E-state index contributed by atoms with van der Waals surface area (Å²) in [5.74, 6) is -0.601. The van der Waals surface area contributed by atoms with E-state index in [-0.39, 0.29) is 21.7 Å². The zero-order valence-corrected chi connectivity index (χ0v) is 14.3. The summed E-state index contributed by atoms with van der Waals surface area (Å²) in [5.41, 5.74) is -1.01. The first-order chi connectivity index (χ1) is 7.02. The van der Waals surface area contributed by atoms with E-state index in [1.807, 2.05) is 82.9 Å². The van der Waals surface area contributed by atoms with Crippen LogP contribution in [0.4, 0.5) is 0 Å². The van der Waals surface area contributed by atoms with E-state index >= 15 is 0 Å². The molecule has 0 aliphatic heterocycles. The van der Waals surface area contributed by atoms with Gasteiger partial charge in [-0.15, -0.1) is 0 Å². The molecule has 0 fully saturated rings. The van der Waals surface area contributed by atoms with Gasteiger partial charge in [-0.3, -0.25) is 19.6 Å². The monoisotopic (exact) mass is 280 g/mol. The molecule has 0 heterocycles. The van der Waals surface area contributed by atoms with E-state index in [2.05, 4.69) is 0 Å². The van der Waals surface area contributed by atoms with Crippen molar-refractivity contribution in [1.82, 2.24) is 19.6 Å². The first-order valence-electron chi connectivity index (χ1n) is 5.45. The van der Waals surface area contributed by atoms with Crippen LogP contribution >= 0.6 is 0 Å². The van der Waals surface area contributed by atoms with Crippen LogP contribution in [0.3, 0.4) is 0 Å². The van der Waals surface area contributed by atoms with Gasteiger partial charge in [-0.2, -0.15) is 0 Å². The van der Waals surface area contributed by atoms with Crippen molar-refractivity contribution in [3.05, 3.63) is 0 Å². The van der Waals surface area contributed by atoms with Crippen molar-refractivity contribution in [3.8, 4) is 0 Å².